The Morgan fingerprint density at radius 1 is 1.46 bits per heavy atom. The van der Waals surface area contributed by atoms with Gasteiger partial charge in [0.1, 0.15) is 12.4 Å². The lowest BCUT2D eigenvalue weighted by atomic mass is 10.1. The third-order valence-electron chi connectivity index (χ3n) is 2.06. The van der Waals surface area contributed by atoms with Crippen molar-refractivity contribution in [3.63, 3.8) is 0 Å². The molecule has 3 heteroatoms. The van der Waals surface area contributed by atoms with Crippen LogP contribution in [0.15, 0.2) is 22.6 Å². The van der Waals surface area contributed by atoms with Crippen LogP contribution < -0.4 is 0 Å². The van der Waals surface area contributed by atoms with Crippen LogP contribution in [-0.2, 0) is 6.61 Å². The zero-order valence-electron chi connectivity index (χ0n) is 7.17. The molecule has 0 radical (unpaired) electrons. The Balaban J connectivity index is 2.80. The van der Waals surface area contributed by atoms with Gasteiger partial charge in [0.25, 0.3) is 0 Å². The molecule has 2 aromatic rings. The van der Waals surface area contributed by atoms with Crippen molar-refractivity contribution in [3.8, 4) is 0 Å². The van der Waals surface area contributed by atoms with E-state index in [0.29, 0.717) is 16.4 Å². The fourth-order valence-corrected chi connectivity index (χ4v) is 1.56. The Morgan fingerprint density at radius 2 is 2.23 bits per heavy atom. The van der Waals surface area contributed by atoms with E-state index in [0.717, 1.165) is 10.9 Å². The minimum absolute atomic E-state index is 0.0928. The highest BCUT2D eigenvalue weighted by Gasteiger charge is 2.08. The molecule has 0 aliphatic rings. The number of fused-ring (bicyclic) bond motifs is 1. The number of hydrogen-bond donors (Lipinski definition) is 1. The first-order valence-electron chi connectivity index (χ1n) is 4.01. The summed E-state index contributed by atoms with van der Waals surface area (Å²) in [5.74, 6) is 0.547. The summed E-state index contributed by atoms with van der Waals surface area (Å²) < 4.78 is 5.35. The van der Waals surface area contributed by atoms with Crippen LogP contribution in [-0.4, -0.2) is 5.11 Å². The van der Waals surface area contributed by atoms with Crippen LogP contribution in [0, 0.1) is 6.92 Å². The molecule has 0 amide bonds. The number of halogens is 1. The van der Waals surface area contributed by atoms with Gasteiger partial charge in [-0.25, -0.2) is 0 Å². The Labute approximate surface area is 80.7 Å². The van der Waals surface area contributed by atoms with Gasteiger partial charge < -0.3 is 9.52 Å². The number of benzene rings is 1. The zero-order valence-corrected chi connectivity index (χ0v) is 7.93. The van der Waals surface area contributed by atoms with Gasteiger partial charge in [0.05, 0.1) is 5.02 Å². The summed E-state index contributed by atoms with van der Waals surface area (Å²) in [6.45, 7) is 1.89. The van der Waals surface area contributed by atoms with Crippen LogP contribution in [0.2, 0.25) is 5.02 Å². The van der Waals surface area contributed by atoms with Crippen LogP contribution in [0.3, 0.4) is 0 Å². The molecule has 1 aromatic heterocycles. The van der Waals surface area contributed by atoms with Gasteiger partial charge in [-0.05, 0) is 24.6 Å². The molecule has 0 spiro atoms. The van der Waals surface area contributed by atoms with Crippen molar-refractivity contribution in [1.29, 1.82) is 0 Å². The summed E-state index contributed by atoms with van der Waals surface area (Å²) in [7, 11) is 0. The first-order valence-corrected chi connectivity index (χ1v) is 4.38. The number of hydrogen-bond acceptors (Lipinski definition) is 2. The van der Waals surface area contributed by atoms with Gasteiger partial charge in [0.2, 0.25) is 0 Å². The van der Waals surface area contributed by atoms with Gasteiger partial charge in [-0.2, -0.15) is 0 Å². The zero-order chi connectivity index (χ0) is 9.42. The van der Waals surface area contributed by atoms with Crippen LogP contribution in [0.1, 0.15) is 11.3 Å². The summed E-state index contributed by atoms with van der Waals surface area (Å²) in [5.41, 5.74) is 1.76. The summed E-state index contributed by atoms with van der Waals surface area (Å²) in [5, 5.41) is 10.4. The maximum Gasteiger partial charge on any atom is 0.153 e. The summed E-state index contributed by atoms with van der Waals surface area (Å²) in [4.78, 5) is 0. The number of rotatable bonds is 1. The first-order chi connectivity index (χ1) is 6.22. The highest BCUT2D eigenvalue weighted by molar-refractivity contribution is 6.34. The van der Waals surface area contributed by atoms with Gasteiger partial charge in [-0.1, -0.05) is 17.7 Å². The smallest absolute Gasteiger partial charge is 0.153 e. The minimum Gasteiger partial charge on any atom is -0.457 e. The lowest BCUT2D eigenvalue weighted by Crippen LogP contribution is -1.73. The normalized spacial score (nSPS) is 11.0. The van der Waals surface area contributed by atoms with Crippen molar-refractivity contribution < 1.29 is 9.52 Å². The van der Waals surface area contributed by atoms with Crippen molar-refractivity contribution in [1.82, 2.24) is 0 Å². The van der Waals surface area contributed by atoms with Crippen LogP contribution in [0.4, 0.5) is 0 Å². The molecule has 0 unspecified atom stereocenters. The topological polar surface area (TPSA) is 33.4 Å². The Bertz CT molecular complexity index is 406. The number of aliphatic hydroxyl groups is 1. The summed E-state index contributed by atoms with van der Waals surface area (Å²) in [6.07, 6.45) is 0. The van der Waals surface area contributed by atoms with E-state index in [2.05, 4.69) is 0 Å². The number of aliphatic hydroxyl groups excluding tert-OH is 1. The lowest BCUT2D eigenvalue weighted by molar-refractivity contribution is 0.251. The third-order valence-corrected chi connectivity index (χ3v) is 2.36. The second-order valence-corrected chi connectivity index (χ2v) is 3.39. The van der Waals surface area contributed by atoms with E-state index in [4.69, 9.17) is 21.1 Å². The molecule has 2 nitrogen and oxygen atoms in total. The molecule has 1 aromatic carbocycles. The highest BCUT2D eigenvalue weighted by Crippen LogP contribution is 2.29. The number of aryl methyl sites for hydroxylation is 1. The Kier molecular flexibility index (Phi) is 2.02. The van der Waals surface area contributed by atoms with Crippen molar-refractivity contribution in [2.24, 2.45) is 0 Å². The second kappa shape index (κ2) is 3.05. The largest absolute Gasteiger partial charge is 0.457 e. The fourth-order valence-electron chi connectivity index (χ4n) is 1.35. The lowest BCUT2D eigenvalue weighted by Gasteiger charge is -1.95. The molecule has 0 fully saturated rings. The van der Waals surface area contributed by atoms with Crippen molar-refractivity contribution in [2.45, 2.75) is 13.5 Å². The molecule has 0 aliphatic carbocycles. The minimum atomic E-state index is -0.0928. The van der Waals surface area contributed by atoms with Crippen molar-refractivity contribution in [2.75, 3.05) is 0 Å². The van der Waals surface area contributed by atoms with Gasteiger partial charge >= 0.3 is 0 Å². The predicted octanol–water partition coefficient (Wildman–Crippen LogP) is 2.89. The second-order valence-electron chi connectivity index (χ2n) is 2.98. The molecule has 2 rings (SSSR count). The van der Waals surface area contributed by atoms with Crippen LogP contribution >= 0.6 is 11.6 Å². The van der Waals surface area contributed by atoms with Gasteiger partial charge in [-0.3, -0.25) is 0 Å². The monoisotopic (exact) mass is 196 g/mol. The molecule has 0 bridgehead atoms. The molecule has 0 aliphatic heterocycles. The standard InChI is InChI=1S/C10H9ClO2/c1-6-2-3-9(11)10-8(6)4-7(5-12)13-10/h2-4,12H,5H2,1H3. The highest BCUT2D eigenvalue weighted by atomic mass is 35.5. The molecule has 0 saturated carbocycles. The van der Waals surface area contributed by atoms with E-state index in [-0.39, 0.29) is 6.61 Å². The average molecular weight is 197 g/mol. The number of furan rings is 1. The molecule has 0 saturated heterocycles. The molecular formula is C10H9ClO2. The molecule has 1 N–H and O–H groups in total. The third kappa shape index (κ3) is 1.32. The van der Waals surface area contributed by atoms with E-state index in [1.807, 2.05) is 19.1 Å². The quantitative estimate of drug-likeness (QED) is 0.761. The summed E-state index contributed by atoms with van der Waals surface area (Å²) in [6, 6.07) is 5.54. The van der Waals surface area contributed by atoms with Crippen molar-refractivity contribution >= 4 is 22.6 Å². The van der Waals surface area contributed by atoms with Gasteiger partial charge in [0, 0.05) is 5.39 Å². The first kappa shape index (κ1) is 8.60. The molecular weight excluding hydrogens is 188 g/mol. The van der Waals surface area contributed by atoms with Crippen molar-refractivity contribution in [3.05, 3.63) is 34.5 Å². The maximum atomic E-state index is 8.88. The van der Waals surface area contributed by atoms with E-state index >= 15 is 0 Å². The van der Waals surface area contributed by atoms with E-state index in [1.165, 1.54) is 0 Å². The van der Waals surface area contributed by atoms with Gasteiger partial charge in [-0.15, -0.1) is 0 Å². The van der Waals surface area contributed by atoms with E-state index < -0.39 is 0 Å². The van der Waals surface area contributed by atoms with Gasteiger partial charge in [0.15, 0.2) is 5.58 Å². The molecule has 68 valence electrons. The maximum absolute atomic E-state index is 8.88. The fraction of sp³-hybridized carbons (Fsp3) is 0.200. The summed E-state index contributed by atoms with van der Waals surface area (Å²) >= 11 is 5.92. The van der Waals surface area contributed by atoms with Crippen LogP contribution in [0.25, 0.3) is 11.0 Å². The average Bonchev–Trinajstić information content (AvgIpc) is 2.56. The predicted molar refractivity (Wildman–Crippen MR) is 51.9 cm³/mol. The molecule has 13 heavy (non-hydrogen) atoms. The van der Waals surface area contributed by atoms with Crippen LogP contribution in [0.5, 0.6) is 0 Å². The van der Waals surface area contributed by atoms with E-state index in [1.54, 1.807) is 6.07 Å². The Morgan fingerprint density at radius 3 is 2.85 bits per heavy atom. The van der Waals surface area contributed by atoms with E-state index in [9.17, 15) is 0 Å². The SMILES string of the molecule is Cc1ccc(Cl)c2oc(CO)cc12. The molecule has 0 atom stereocenters. The molecule has 1 heterocycles. The Hall–Kier alpha value is -0.990.